The molecule has 0 aliphatic heterocycles. The fourth-order valence-corrected chi connectivity index (χ4v) is 2.73. The van der Waals surface area contributed by atoms with Crippen LogP contribution in [0, 0.1) is 18.3 Å². The molecule has 3 N–H and O–H groups in total. The Morgan fingerprint density at radius 3 is 2.13 bits per heavy atom. The number of hydrogen-bond donors (Lipinski definition) is 3. The van der Waals surface area contributed by atoms with Crippen LogP contribution in [-0.4, -0.2) is 28.1 Å². The summed E-state index contributed by atoms with van der Waals surface area (Å²) in [6.07, 6.45) is 1.24. The maximum Gasteiger partial charge on any atom is 0.335 e. The summed E-state index contributed by atoms with van der Waals surface area (Å²) in [6.45, 7) is 1.91. The summed E-state index contributed by atoms with van der Waals surface area (Å²) in [5.41, 5.74) is 1.17. The largest absolute Gasteiger partial charge is 0.478 e. The number of benzene rings is 2. The number of nitriles is 1. The van der Waals surface area contributed by atoms with Gasteiger partial charge in [-0.1, -0.05) is 17.7 Å². The summed E-state index contributed by atoms with van der Waals surface area (Å²) in [4.78, 5) is 34.9. The van der Waals surface area contributed by atoms with Crippen molar-refractivity contribution >= 4 is 29.6 Å². The number of carboxylic acids is 2. The van der Waals surface area contributed by atoms with Gasteiger partial charge in [-0.05, 0) is 49.4 Å². The van der Waals surface area contributed by atoms with E-state index < -0.39 is 17.8 Å². The molecule has 0 spiro atoms. The fraction of sp³-hybridized carbons (Fsp3) is 0.0435. The number of aromatic carboxylic acids is 2. The molecule has 1 heterocycles. The first-order chi connectivity index (χ1) is 14.8. The van der Waals surface area contributed by atoms with Crippen molar-refractivity contribution in [3.63, 3.8) is 0 Å². The Morgan fingerprint density at radius 2 is 1.58 bits per heavy atom. The second-order valence-electron chi connectivity index (χ2n) is 6.60. The monoisotopic (exact) mass is 416 g/mol. The number of furan rings is 1. The Labute approximate surface area is 176 Å². The van der Waals surface area contributed by atoms with Crippen molar-refractivity contribution in [3.8, 4) is 17.4 Å². The van der Waals surface area contributed by atoms with Gasteiger partial charge >= 0.3 is 11.9 Å². The van der Waals surface area contributed by atoms with Crippen LogP contribution in [-0.2, 0) is 4.79 Å². The summed E-state index contributed by atoms with van der Waals surface area (Å²) < 4.78 is 5.59. The van der Waals surface area contributed by atoms with Gasteiger partial charge in [0.05, 0.1) is 11.1 Å². The molecule has 2 aromatic carbocycles. The average Bonchev–Trinajstić information content (AvgIpc) is 3.22. The van der Waals surface area contributed by atoms with Crippen LogP contribution in [0.25, 0.3) is 17.4 Å². The van der Waals surface area contributed by atoms with Gasteiger partial charge in [0.2, 0.25) is 0 Å². The molecule has 31 heavy (non-hydrogen) atoms. The zero-order valence-electron chi connectivity index (χ0n) is 16.2. The maximum atomic E-state index is 12.4. The summed E-state index contributed by atoms with van der Waals surface area (Å²) in [5, 5.41) is 30.4. The number of amides is 1. The molecule has 1 amide bonds. The van der Waals surface area contributed by atoms with Crippen molar-refractivity contribution in [2.75, 3.05) is 5.32 Å². The Balaban J connectivity index is 1.88. The first-order valence-corrected chi connectivity index (χ1v) is 8.98. The molecule has 0 saturated carbocycles. The molecule has 0 atom stereocenters. The van der Waals surface area contributed by atoms with Gasteiger partial charge in [0.15, 0.2) is 0 Å². The number of aryl methyl sites for hydroxylation is 1. The number of carbonyl (C=O) groups is 3. The van der Waals surface area contributed by atoms with Crippen LogP contribution in [0.4, 0.5) is 5.69 Å². The molecule has 8 heteroatoms. The lowest BCUT2D eigenvalue weighted by atomic mass is 10.0. The third-order valence-electron chi connectivity index (χ3n) is 4.30. The lowest BCUT2D eigenvalue weighted by Gasteiger charge is -2.04. The zero-order chi connectivity index (χ0) is 22.5. The normalized spacial score (nSPS) is 10.9. The Kier molecular flexibility index (Phi) is 5.98. The van der Waals surface area contributed by atoms with Gasteiger partial charge in [-0.2, -0.15) is 5.26 Å². The molecule has 3 rings (SSSR count). The van der Waals surface area contributed by atoms with Crippen molar-refractivity contribution in [1.29, 1.82) is 5.26 Å². The number of carboxylic acid groups (broad SMARTS) is 2. The molecule has 3 aromatic rings. The van der Waals surface area contributed by atoms with Crippen molar-refractivity contribution in [1.82, 2.24) is 0 Å². The Hall–Kier alpha value is -4.64. The predicted octanol–water partition coefficient (Wildman–Crippen LogP) is 4.20. The van der Waals surface area contributed by atoms with E-state index in [-0.39, 0.29) is 33.8 Å². The number of anilines is 1. The minimum atomic E-state index is -1.28. The van der Waals surface area contributed by atoms with Crippen LogP contribution in [0.5, 0.6) is 0 Å². The Bertz CT molecular complexity index is 1210. The summed E-state index contributed by atoms with van der Waals surface area (Å²) in [7, 11) is 0. The van der Waals surface area contributed by atoms with Gasteiger partial charge < -0.3 is 19.9 Å². The topological polar surface area (TPSA) is 141 Å². The highest BCUT2D eigenvalue weighted by Crippen LogP contribution is 2.26. The molecule has 0 radical (unpaired) electrons. The van der Waals surface area contributed by atoms with E-state index in [2.05, 4.69) is 5.32 Å². The third-order valence-corrected chi connectivity index (χ3v) is 4.30. The van der Waals surface area contributed by atoms with Gasteiger partial charge in [-0.15, -0.1) is 0 Å². The molecule has 0 saturated heterocycles. The summed E-state index contributed by atoms with van der Waals surface area (Å²) >= 11 is 0. The quantitative estimate of drug-likeness (QED) is 0.404. The van der Waals surface area contributed by atoms with Gasteiger partial charge in [0.1, 0.15) is 23.2 Å². The fourth-order valence-electron chi connectivity index (χ4n) is 2.73. The average molecular weight is 416 g/mol. The molecule has 8 nitrogen and oxygen atoms in total. The lowest BCUT2D eigenvalue weighted by Crippen LogP contribution is -2.13. The molecule has 154 valence electrons. The lowest BCUT2D eigenvalue weighted by molar-refractivity contribution is -0.112. The van der Waals surface area contributed by atoms with Crippen molar-refractivity contribution in [2.24, 2.45) is 0 Å². The van der Waals surface area contributed by atoms with E-state index in [1.54, 1.807) is 12.1 Å². The predicted molar refractivity (Wildman–Crippen MR) is 111 cm³/mol. The molecule has 0 bridgehead atoms. The molecule has 1 aromatic heterocycles. The van der Waals surface area contributed by atoms with Crippen LogP contribution < -0.4 is 5.32 Å². The van der Waals surface area contributed by atoms with E-state index in [1.807, 2.05) is 25.1 Å². The highest BCUT2D eigenvalue weighted by atomic mass is 16.4. The Morgan fingerprint density at radius 1 is 0.968 bits per heavy atom. The van der Waals surface area contributed by atoms with Crippen molar-refractivity contribution < 1.29 is 29.0 Å². The number of hydrogen-bond acceptors (Lipinski definition) is 5. The third kappa shape index (κ3) is 5.05. The minimum absolute atomic E-state index is 0.170. The van der Waals surface area contributed by atoms with Crippen LogP contribution in [0.2, 0.25) is 0 Å². The van der Waals surface area contributed by atoms with Crippen molar-refractivity contribution in [3.05, 3.63) is 82.6 Å². The molecule has 0 aliphatic carbocycles. The van der Waals surface area contributed by atoms with Crippen LogP contribution >= 0.6 is 0 Å². The van der Waals surface area contributed by atoms with Gasteiger partial charge in [0.25, 0.3) is 5.91 Å². The van der Waals surface area contributed by atoms with E-state index in [0.29, 0.717) is 5.69 Å². The van der Waals surface area contributed by atoms with E-state index in [0.717, 1.165) is 11.6 Å². The summed E-state index contributed by atoms with van der Waals surface area (Å²) in [5.74, 6) is -2.83. The van der Waals surface area contributed by atoms with Gasteiger partial charge in [0, 0.05) is 17.3 Å². The smallest absolute Gasteiger partial charge is 0.335 e. The number of carbonyl (C=O) groups excluding carboxylic acids is 1. The highest BCUT2D eigenvalue weighted by molar-refractivity contribution is 6.09. The first kappa shape index (κ1) is 21.1. The van der Waals surface area contributed by atoms with Gasteiger partial charge in [-0.25, -0.2) is 9.59 Å². The number of nitrogens with zero attached hydrogens (tertiary/aromatic N) is 1. The van der Waals surface area contributed by atoms with E-state index in [1.165, 1.54) is 30.3 Å². The first-order valence-electron chi connectivity index (χ1n) is 8.98. The molecule has 0 aliphatic rings. The molecular formula is C23H16N2O6. The highest BCUT2D eigenvalue weighted by Gasteiger charge is 2.15. The van der Waals surface area contributed by atoms with E-state index >= 15 is 0 Å². The van der Waals surface area contributed by atoms with E-state index in [4.69, 9.17) is 4.42 Å². The minimum Gasteiger partial charge on any atom is -0.478 e. The number of rotatable bonds is 6. The zero-order valence-corrected chi connectivity index (χ0v) is 16.2. The summed E-state index contributed by atoms with van der Waals surface area (Å²) in [6, 6.07) is 15.4. The standard InChI is InChI=1S/C23H16N2O6/c1-13-2-4-18(5-3-13)25-21(26)17(12-24)11-19-6-7-20(31-19)14-8-15(22(27)28)10-16(9-14)23(29)30/h2-11H,1H3,(H,25,26)(H,27,28)(H,29,30). The molecule has 0 fully saturated rings. The van der Waals surface area contributed by atoms with Crippen molar-refractivity contribution in [2.45, 2.75) is 6.92 Å². The van der Waals surface area contributed by atoms with E-state index in [9.17, 15) is 29.9 Å². The second-order valence-corrected chi connectivity index (χ2v) is 6.60. The molecular weight excluding hydrogens is 400 g/mol. The van der Waals surface area contributed by atoms with Crippen LogP contribution in [0.3, 0.4) is 0 Å². The second kappa shape index (κ2) is 8.80. The van der Waals surface area contributed by atoms with Gasteiger partial charge in [-0.3, -0.25) is 4.79 Å². The van der Waals surface area contributed by atoms with Crippen LogP contribution in [0.1, 0.15) is 32.0 Å². The SMILES string of the molecule is Cc1ccc(NC(=O)C(C#N)=Cc2ccc(-c3cc(C(=O)O)cc(C(=O)O)c3)o2)cc1. The maximum absolute atomic E-state index is 12.4. The molecule has 0 unspecified atom stereocenters. The van der Waals surface area contributed by atoms with Crippen LogP contribution in [0.15, 0.2) is 64.6 Å². The number of nitrogens with one attached hydrogen (secondary N) is 1.